The molecule has 3 rings (SSSR count). The van der Waals surface area contributed by atoms with Crippen LogP contribution in [0.5, 0.6) is 11.5 Å². The van der Waals surface area contributed by atoms with Crippen LogP contribution >= 0.6 is 0 Å². The normalized spacial score (nSPS) is 14.0. The van der Waals surface area contributed by atoms with E-state index in [9.17, 15) is 0 Å². The third-order valence-corrected chi connectivity index (χ3v) is 3.58. The topological polar surface area (TPSA) is 34.1 Å². The first kappa shape index (κ1) is 13.5. The van der Waals surface area contributed by atoms with E-state index < -0.39 is 0 Å². The Morgan fingerprint density at radius 2 is 1.81 bits per heavy atom. The average molecular weight is 282 g/mol. The molecule has 1 heterocycles. The van der Waals surface area contributed by atoms with E-state index in [-0.39, 0.29) is 0 Å². The van der Waals surface area contributed by atoms with Gasteiger partial charge in [0.05, 0.1) is 25.6 Å². The first-order valence-electron chi connectivity index (χ1n) is 6.94. The summed E-state index contributed by atoms with van der Waals surface area (Å²) in [6.07, 6.45) is 0.900. The van der Waals surface area contributed by atoms with Gasteiger partial charge in [0.15, 0.2) is 0 Å². The van der Waals surface area contributed by atoms with Crippen LogP contribution in [0.15, 0.2) is 53.6 Å². The van der Waals surface area contributed by atoms with Crippen molar-refractivity contribution in [1.82, 2.24) is 0 Å². The molecule has 21 heavy (non-hydrogen) atoms. The second kappa shape index (κ2) is 5.87. The third kappa shape index (κ3) is 2.70. The molecule has 0 radical (unpaired) electrons. The molecule has 0 saturated carbocycles. The predicted molar refractivity (Wildman–Crippen MR) is 84.5 cm³/mol. The molecule has 2 aromatic rings. The fraction of sp³-hybridized carbons (Fsp3) is 0.235. The molecule has 0 aliphatic carbocycles. The molecule has 4 nitrogen and oxygen atoms in total. The Morgan fingerprint density at radius 1 is 1.00 bits per heavy atom. The van der Waals surface area contributed by atoms with Crippen molar-refractivity contribution in [2.75, 3.05) is 25.8 Å². The summed E-state index contributed by atoms with van der Waals surface area (Å²) in [7, 11) is 3.32. The van der Waals surface area contributed by atoms with Gasteiger partial charge in [0.25, 0.3) is 0 Å². The lowest BCUT2D eigenvalue weighted by molar-refractivity contribution is 0.394. The molecule has 0 fully saturated rings. The number of hydrazone groups is 1. The molecular weight excluding hydrogens is 264 g/mol. The summed E-state index contributed by atoms with van der Waals surface area (Å²) in [4.78, 5) is 0. The van der Waals surface area contributed by atoms with Crippen molar-refractivity contribution in [2.24, 2.45) is 5.10 Å². The maximum absolute atomic E-state index is 5.46. The van der Waals surface area contributed by atoms with Crippen molar-refractivity contribution >= 4 is 11.4 Å². The van der Waals surface area contributed by atoms with Crippen molar-refractivity contribution < 1.29 is 9.47 Å². The number of para-hydroxylation sites is 1. The summed E-state index contributed by atoms with van der Waals surface area (Å²) in [6.45, 7) is 0.883. The molecule has 108 valence electrons. The maximum atomic E-state index is 5.46. The van der Waals surface area contributed by atoms with Gasteiger partial charge < -0.3 is 9.47 Å². The highest BCUT2D eigenvalue weighted by Crippen LogP contribution is 2.29. The summed E-state index contributed by atoms with van der Waals surface area (Å²) in [5.74, 6) is 1.58. The largest absolute Gasteiger partial charge is 0.497 e. The van der Waals surface area contributed by atoms with Crippen LogP contribution in [0, 0.1) is 0 Å². The first-order valence-corrected chi connectivity index (χ1v) is 6.94. The van der Waals surface area contributed by atoms with Crippen LogP contribution in [-0.4, -0.2) is 26.5 Å². The molecule has 1 aliphatic heterocycles. The number of rotatable bonds is 4. The molecule has 0 aromatic heterocycles. The monoisotopic (exact) mass is 282 g/mol. The number of ether oxygens (including phenoxy) is 2. The quantitative estimate of drug-likeness (QED) is 0.862. The number of benzene rings is 2. The SMILES string of the molecule is COc1ccc(C2=NN(c3ccccc3)CC2)c(OC)c1. The van der Waals surface area contributed by atoms with Crippen molar-refractivity contribution in [2.45, 2.75) is 6.42 Å². The lowest BCUT2D eigenvalue weighted by Gasteiger charge is -2.12. The van der Waals surface area contributed by atoms with Gasteiger partial charge in [0.2, 0.25) is 0 Å². The Labute approximate surface area is 124 Å². The van der Waals surface area contributed by atoms with Crippen LogP contribution < -0.4 is 14.5 Å². The number of methoxy groups -OCH3 is 2. The number of hydrogen-bond acceptors (Lipinski definition) is 4. The molecule has 0 unspecified atom stereocenters. The lowest BCUT2D eigenvalue weighted by atomic mass is 10.1. The fourth-order valence-corrected chi connectivity index (χ4v) is 2.47. The smallest absolute Gasteiger partial charge is 0.131 e. The molecule has 0 amide bonds. The van der Waals surface area contributed by atoms with Gasteiger partial charge in [-0.25, -0.2) is 0 Å². The molecule has 1 aliphatic rings. The van der Waals surface area contributed by atoms with Crippen molar-refractivity contribution in [3.8, 4) is 11.5 Å². The van der Waals surface area contributed by atoms with Gasteiger partial charge in [-0.15, -0.1) is 0 Å². The van der Waals surface area contributed by atoms with E-state index in [1.54, 1.807) is 14.2 Å². The van der Waals surface area contributed by atoms with Crippen molar-refractivity contribution in [3.05, 3.63) is 54.1 Å². The molecule has 0 bridgehead atoms. The number of hydrogen-bond donors (Lipinski definition) is 0. The molecule has 0 saturated heterocycles. The second-order valence-electron chi connectivity index (χ2n) is 4.82. The Kier molecular flexibility index (Phi) is 3.77. The van der Waals surface area contributed by atoms with E-state index in [0.717, 1.165) is 41.4 Å². The van der Waals surface area contributed by atoms with Crippen LogP contribution in [0.1, 0.15) is 12.0 Å². The van der Waals surface area contributed by atoms with E-state index in [2.05, 4.69) is 12.1 Å². The molecule has 0 atom stereocenters. The fourth-order valence-electron chi connectivity index (χ4n) is 2.47. The zero-order valence-electron chi connectivity index (χ0n) is 12.2. The second-order valence-corrected chi connectivity index (χ2v) is 4.82. The van der Waals surface area contributed by atoms with Crippen LogP contribution in [0.3, 0.4) is 0 Å². The van der Waals surface area contributed by atoms with Crippen molar-refractivity contribution in [1.29, 1.82) is 0 Å². The number of nitrogens with zero attached hydrogens (tertiary/aromatic N) is 2. The minimum atomic E-state index is 0.786. The zero-order chi connectivity index (χ0) is 14.7. The first-order chi connectivity index (χ1) is 10.3. The van der Waals surface area contributed by atoms with Gasteiger partial charge in [0.1, 0.15) is 11.5 Å². The maximum Gasteiger partial charge on any atom is 0.131 e. The van der Waals surface area contributed by atoms with Gasteiger partial charge in [-0.1, -0.05) is 18.2 Å². The van der Waals surface area contributed by atoms with E-state index in [4.69, 9.17) is 14.6 Å². The van der Waals surface area contributed by atoms with Crippen molar-refractivity contribution in [3.63, 3.8) is 0 Å². The van der Waals surface area contributed by atoms with Gasteiger partial charge in [-0.3, -0.25) is 5.01 Å². The van der Waals surface area contributed by atoms with E-state index in [0.29, 0.717) is 0 Å². The third-order valence-electron chi connectivity index (χ3n) is 3.58. The summed E-state index contributed by atoms with van der Waals surface area (Å²) in [5.41, 5.74) is 3.18. The molecule has 2 aromatic carbocycles. The van der Waals surface area contributed by atoms with Crippen LogP contribution in [-0.2, 0) is 0 Å². The van der Waals surface area contributed by atoms with Crippen LogP contribution in [0.2, 0.25) is 0 Å². The Bertz CT molecular complexity index is 653. The minimum Gasteiger partial charge on any atom is -0.497 e. The summed E-state index contributed by atoms with van der Waals surface area (Å²) < 4.78 is 10.7. The standard InChI is InChI=1S/C17H18N2O2/c1-20-14-8-9-15(17(12-14)21-2)16-10-11-19(18-16)13-6-4-3-5-7-13/h3-9,12H,10-11H2,1-2H3. The highest BCUT2D eigenvalue weighted by atomic mass is 16.5. The van der Waals surface area contributed by atoms with Crippen LogP contribution in [0.4, 0.5) is 5.69 Å². The van der Waals surface area contributed by atoms with E-state index >= 15 is 0 Å². The molecule has 0 spiro atoms. The molecule has 0 N–H and O–H groups in total. The average Bonchev–Trinajstić information content (AvgIpc) is 3.04. The van der Waals surface area contributed by atoms with Gasteiger partial charge in [-0.05, 0) is 24.3 Å². The Balaban J connectivity index is 1.91. The van der Waals surface area contributed by atoms with Gasteiger partial charge in [-0.2, -0.15) is 5.10 Å². The lowest BCUT2D eigenvalue weighted by Crippen LogP contribution is -2.11. The summed E-state index contributed by atoms with van der Waals surface area (Å²) >= 11 is 0. The Morgan fingerprint density at radius 3 is 2.52 bits per heavy atom. The molecular formula is C17H18N2O2. The van der Waals surface area contributed by atoms with E-state index in [1.807, 2.05) is 41.4 Å². The van der Waals surface area contributed by atoms with Gasteiger partial charge in [0, 0.05) is 24.6 Å². The van der Waals surface area contributed by atoms with E-state index in [1.165, 1.54) is 0 Å². The van der Waals surface area contributed by atoms with Crippen LogP contribution in [0.25, 0.3) is 0 Å². The number of anilines is 1. The molecule has 4 heteroatoms. The summed E-state index contributed by atoms with van der Waals surface area (Å²) in [6, 6.07) is 16.0. The predicted octanol–water partition coefficient (Wildman–Crippen LogP) is 3.32. The summed E-state index contributed by atoms with van der Waals surface area (Å²) in [5, 5.41) is 6.75. The highest BCUT2D eigenvalue weighted by molar-refractivity contribution is 6.05. The Hall–Kier alpha value is -2.49. The zero-order valence-corrected chi connectivity index (χ0v) is 12.2. The minimum absolute atomic E-state index is 0.786. The van der Waals surface area contributed by atoms with Gasteiger partial charge >= 0.3 is 0 Å². The highest BCUT2D eigenvalue weighted by Gasteiger charge is 2.20.